The van der Waals surface area contributed by atoms with E-state index >= 15 is 0 Å². The van der Waals surface area contributed by atoms with Crippen LogP contribution in [0.4, 0.5) is 0 Å². The van der Waals surface area contributed by atoms with E-state index in [0.29, 0.717) is 19.3 Å². The van der Waals surface area contributed by atoms with Crippen molar-refractivity contribution in [3.05, 3.63) is 0 Å². The summed E-state index contributed by atoms with van der Waals surface area (Å²) in [6.07, 6.45) is 3.93. The molecule has 0 spiro atoms. The fourth-order valence-corrected chi connectivity index (χ4v) is 4.96. The molecule has 0 nitrogen and oxygen atoms in total. The highest BCUT2D eigenvalue weighted by Gasteiger charge is 2.32. The van der Waals surface area contributed by atoms with Crippen molar-refractivity contribution in [1.82, 2.24) is 0 Å². The van der Waals surface area contributed by atoms with Crippen LogP contribution in [-0.4, -0.2) is 13.4 Å². The molecule has 4 heteroatoms. The van der Waals surface area contributed by atoms with E-state index in [0.717, 1.165) is 0 Å². The van der Waals surface area contributed by atoms with E-state index in [1.165, 1.54) is 19.3 Å². The van der Waals surface area contributed by atoms with Gasteiger partial charge >= 0.3 is 0 Å². The van der Waals surface area contributed by atoms with Crippen molar-refractivity contribution < 1.29 is 0 Å². The van der Waals surface area contributed by atoms with E-state index in [9.17, 15) is 0 Å². The van der Waals surface area contributed by atoms with E-state index in [-0.39, 0.29) is 0 Å². The largest absolute Gasteiger partial charge is 0.0878 e. The van der Waals surface area contributed by atoms with Crippen LogP contribution in [0.2, 0.25) is 0 Å². The second-order valence-electron chi connectivity index (χ2n) is 2.89. The third kappa shape index (κ3) is 2.96. The number of hydrogen-bond acceptors (Lipinski definition) is 0. The second kappa shape index (κ2) is 4.97. The summed E-state index contributed by atoms with van der Waals surface area (Å²) in [5, 5.41) is 0. The second-order valence-corrected chi connectivity index (χ2v) is 8.32. The van der Waals surface area contributed by atoms with Crippen molar-refractivity contribution in [2.75, 3.05) is 0 Å². The molecule has 0 saturated heterocycles. The molecular formula is C7H10Br4. The zero-order valence-electron chi connectivity index (χ0n) is 5.94. The van der Waals surface area contributed by atoms with Crippen LogP contribution in [0.5, 0.6) is 0 Å². The highest BCUT2D eigenvalue weighted by atomic mass is 79.9. The van der Waals surface area contributed by atoms with Gasteiger partial charge in [-0.15, -0.1) is 0 Å². The Morgan fingerprint density at radius 1 is 1.09 bits per heavy atom. The number of rotatable bonds is 1. The quantitative estimate of drug-likeness (QED) is 0.558. The van der Waals surface area contributed by atoms with Crippen molar-refractivity contribution in [1.29, 1.82) is 0 Å². The minimum Gasteiger partial charge on any atom is -0.0878 e. The SMILES string of the molecule is BrC(Br)C1CCCC(Br)C1Br. The fraction of sp³-hybridized carbons (Fsp3) is 1.00. The monoisotopic (exact) mass is 410 g/mol. The summed E-state index contributed by atoms with van der Waals surface area (Å²) in [7, 11) is 0. The zero-order chi connectivity index (χ0) is 8.43. The first-order valence-corrected chi connectivity index (χ1v) is 7.35. The van der Waals surface area contributed by atoms with Gasteiger partial charge in [0.15, 0.2) is 0 Å². The molecule has 0 aromatic rings. The molecule has 11 heavy (non-hydrogen) atoms. The summed E-state index contributed by atoms with van der Waals surface area (Å²) in [5.74, 6) is 0.702. The van der Waals surface area contributed by atoms with Crippen LogP contribution in [0.3, 0.4) is 0 Å². The van der Waals surface area contributed by atoms with Gasteiger partial charge in [0, 0.05) is 9.65 Å². The molecule has 0 bridgehead atoms. The van der Waals surface area contributed by atoms with E-state index in [1.807, 2.05) is 0 Å². The van der Waals surface area contributed by atoms with Gasteiger partial charge in [-0.25, -0.2) is 0 Å². The number of alkyl halides is 4. The summed E-state index contributed by atoms with van der Waals surface area (Å²) >= 11 is 14.5. The van der Waals surface area contributed by atoms with E-state index < -0.39 is 0 Å². The normalized spacial score (nSPS) is 39.5. The van der Waals surface area contributed by atoms with Gasteiger partial charge in [-0.3, -0.25) is 0 Å². The molecule has 0 heterocycles. The molecule has 0 aromatic heterocycles. The summed E-state index contributed by atoms with van der Waals surface area (Å²) in [5.41, 5.74) is 0. The van der Waals surface area contributed by atoms with E-state index in [4.69, 9.17) is 0 Å². The van der Waals surface area contributed by atoms with Crippen LogP contribution in [-0.2, 0) is 0 Å². The first-order valence-electron chi connectivity index (χ1n) is 3.69. The first-order chi connectivity index (χ1) is 5.13. The predicted octanol–water partition coefficient (Wildman–Crippen LogP) is 4.43. The molecule has 3 unspecified atom stereocenters. The van der Waals surface area contributed by atoms with Gasteiger partial charge in [0.25, 0.3) is 0 Å². The van der Waals surface area contributed by atoms with Crippen molar-refractivity contribution in [2.45, 2.75) is 32.7 Å². The minimum atomic E-state index is 0.444. The van der Waals surface area contributed by atoms with Crippen LogP contribution in [0, 0.1) is 5.92 Å². The third-order valence-corrected chi connectivity index (χ3v) is 6.51. The molecule has 0 aromatic carbocycles. The topological polar surface area (TPSA) is 0 Å². The molecule has 1 aliphatic rings. The smallest absolute Gasteiger partial charge is 0.0737 e. The molecule has 1 aliphatic carbocycles. The Balaban J connectivity index is 2.51. The molecule has 1 fully saturated rings. The number of hydrogen-bond donors (Lipinski definition) is 0. The van der Waals surface area contributed by atoms with Crippen molar-refractivity contribution >= 4 is 63.7 Å². The Bertz CT molecular complexity index is 126. The molecule has 66 valence electrons. The lowest BCUT2D eigenvalue weighted by atomic mass is 9.91. The van der Waals surface area contributed by atoms with Crippen LogP contribution in [0.1, 0.15) is 19.3 Å². The van der Waals surface area contributed by atoms with Gasteiger partial charge in [0.1, 0.15) is 0 Å². The van der Waals surface area contributed by atoms with Gasteiger partial charge in [0.05, 0.1) is 3.74 Å². The van der Waals surface area contributed by atoms with Crippen molar-refractivity contribution in [3.8, 4) is 0 Å². The number of halogens is 4. The Kier molecular flexibility index (Phi) is 4.96. The van der Waals surface area contributed by atoms with E-state index in [2.05, 4.69) is 63.7 Å². The molecule has 0 aliphatic heterocycles. The highest BCUT2D eigenvalue weighted by molar-refractivity contribution is 9.24. The molecule has 0 radical (unpaired) electrons. The van der Waals surface area contributed by atoms with E-state index in [1.54, 1.807) is 0 Å². The fourth-order valence-electron chi connectivity index (χ4n) is 1.40. The van der Waals surface area contributed by atoms with Gasteiger partial charge in [-0.2, -0.15) is 0 Å². The Labute approximate surface area is 101 Å². The van der Waals surface area contributed by atoms with Crippen LogP contribution in [0.25, 0.3) is 0 Å². The van der Waals surface area contributed by atoms with Gasteiger partial charge < -0.3 is 0 Å². The third-order valence-electron chi connectivity index (χ3n) is 2.10. The van der Waals surface area contributed by atoms with Gasteiger partial charge in [0.2, 0.25) is 0 Å². The summed E-state index contributed by atoms with van der Waals surface area (Å²) < 4.78 is 0.444. The molecular weight excluding hydrogens is 404 g/mol. The first kappa shape index (κ1) is 11.0. The van der Waals surface area contributed by atoms with Crippen LogP contribution < -0.4 is 0 Å². The summed E-state index contributed by atoms with van der Waals surface area (Å²) in [6, 6.07) is 0. The maximum Gasteiger partial charge on any atom is 0.0737 e. The Hall–Kier alpha value is 1.92. The molecule has 3 atom stereocenters. The minimum absolute atomic E-state index is 0.444. The van der Waals surface area contributed by atoms with Gasteiger partial charge in [-0.1, -0.05) is 70.1 Å². The Morgan fingerprint density at radius 2 is 1.73 bits per heavy atom. The lowest BCUT2D eigenvalue weighted by Gasteiger charge is -2.32. The van der Waals surface area contributed by atoms with Crippen molar-refractivity contribution in [3.63, 3.8) is 0 Å². The maximum absolute atomic E-state index is 3.71. The Morgan fingerprint density at radius 3 is 2.18 bits per heavy atom. The average molecular weight is 414 g/mol. The summed E-state index contributed by atoms with van der Waals surface area (Å²) in [6.45, 7) is 0. The average Bonchev–Trinajstić information content (AvgIpc) is 1.94. The maximum atomic E-state index is 3.71. The van der Waals surface area contributed by atoms with Gasteiger partial charge in [-0.05, 0) is 18.8 Å². The predicted molar refractivity (Wildman–Crippen MR) is 64.4 cm³/mol. The highest BCUT2D eigenvalue weighted by Crippen LogP contribution is 2.40. The summed E-state index contributed by atoms with van der Waals surface area (Å²) in [4.78, 5) is 1.24. The van der Waals surface area contributed by atoms with Crippen molar-refractivity contribution in [2.24, 2.45) is 5.92 Å². The lowest BCUT2D eigenvalue weighted by molar-refractivity contribution is 0.414. The van der Waals surface area contributed by atoms with Crippen LogP contribution >= 0.6 is 63.7 Å². The zero-order valence-corrected chi connectivity index (χ0v) is 12.3. The van der Waals surface area contributed by atoms with Crippen LogP contribution in [0.15, 0.2) is 0 Å². The molecule has 0 amide bonds. The standard InChI is InChI=1S/C7H10Br4/c8-5-3-1-2-4(6(5)9)7(10)11/h4-7H,1-3H2. The molecule has 1 rings (SSSR count). The molecule has 0 N–H and O–H groups in total. The molecule has 1 saturated carbocycles. The lowest BCUT2D eigenvalue weighted by Crippen LogP contribution is -2.32.